The largest absolute Gasteiger partial charge is 0.0649 e. The second kappa shape index (κ2) is 6.93. The van der Waals surface area contributed by atoms with Crippen LogP contribution in [0.4, 0.5) is 0 Å². The minimum Gasteiger partial charge on any atom is -0.0649 e. The molecular weight excluding hydrogens is 252 g/mol. The first kappa shape index (κ1) is 15.8. The van der Waals surface area contributed by atoms with Crippen LogP contribution < -0.4 is 0 Å². The molecule has 0 unspecified atom stereocenters. The summed E-state index contributed by atoms with van der Waals surface area (Å²) < 4.78 is 0. The fourth-order valence-electron chi connectivity index (χ4n) is 2.99. The van der Waals surface area contributed by atoms with Crippen LogP contribution in [0.15, 0.2) is 48.5 Å². The third-order valence-corrected chi connectivity index (χ3v) is 5.03. The maximum atomic E-state index is 2.41. The third kappa shape index (κ3) is 3.56. The molecule has 2 aromatic carbocycles. The smallest absolute Gasteiger partial charge is 0.0149 e. The second-order valence-corrected chi connectivity index (χ2v) is 6.36. The highest BCUT2D eigenvalue weighted by atomic mass is 14.3. The van der Waals surface area contributed by atoms with Crippen molar-refractivity contribution in [1.29, 1.82) is 0 Å². The summed E-state index contributed by atoms with van der Waals surface area (Å²) in [5.74, 6) is 0. The molecule has 0 nitrogen and oxygen atoms in total. The molecule has 0 radical (unpaired) electrons. The van der Waals surface area contributed by atoms with Gasteiger partial charge >= 0.3 is 0 Å². The summed E-state index contributed by atoms with van der Waals surface area (Å²) in [7, 11) is 0. The van der Waals surface area contributed by atoms with Gasteiger partial charge in [-0.1, -0.05) is 89.1 Å². The van der Waals surface area contributed by atoms with E-state index in [1.54, 1.807) is 0 Å². The molecule has 0 aliphatic carbocycles. The van der Waals surface area contributed by atoms with Crippen LogP contribution in [0.3, 0.4) is 0 Å². The Morgan fingerprint density at radius 2 is 1.19 bits per heavy atom. The quantitative estimate of drug-likeness (QED) is 0.583. The molecule has 0 saturated carbocycles. The van der Waals surface area contributed by atoms with E-state index in [1.165, 1.54) is 35.1 Å². The molecule has 0 aliphatic rings. The molecule has 0 saturated heterocycles. The number of aryl methyl sites for hydroxylation is 1. The van der Waals surface area contributed by atoms with Crippen LogP contribution in [0, 0.1) is 5.41 Å². The lowest BCUT2D eigenvalue weighted by molar-refractivity contribution is 0.296. The molecule has 112 valence electrons. The van der Waals surface area contributed by atoms with Crippen LogP contribution in [0.2, 0.25) is 0 Å². The molecule has 0 bridgehead atoms. The van der Waals surface area contributed by atoms with Crippen molar-refractivity contribution in [1.82, 2.24) is 0 Å². The normalized spacial score (nSPS) is 11.6. The van der Waals surface area contributed by atoms with E-state index in [4.69, 9.17) is 0 Å². The Labute approximate surface area is 130 Å². The van der Waals surface area contributed by atoms with Crippen molar-refractivity contribution in [3.05, 3.63) is 59.7 Å². The Morgan fingerprint density at radius 3 is 1.71 bits per heavy atom. The standard InChI is InChI=1S/C21H28/c1-5-17-12-8-10-14-19(17)20-15-11-9-13-18(20)16-21(4,6-2)7-3/h8-15H,5-7,16H2,1-4H3. The highest BCUT2D eigenvalue weighted by Crippen LogP contribution is 2.35. The highest BCUT2D eigenvalue weighted by molar-refractivity contribution is 5.70. The summed E-state index contributed by atoms with van der Waals surface area (Å²) >= 11 is 0. The Morgan fingerprint density at radius 1 is 0.714 bits per heavy atom. The van der Waals surface area contributed by atoms with Crippen LogP contribution >= 0.6 is 0 Å². The fraction of sp³-hybridized carbons (Fsp3) is 0.429. The van der Waals surface area contributed by atoms with Gasteiger partial charge in [-0.15, -0.1) is 0 Å². The molecule has 0 heteroatoms. The van der Waals surface area contributed by atoms with E-state index < -0.39 is 0 Å². The summed E-state index contributed by atoms with van der Waals surface area (Å²) in [5, 5.41) is 0. The molecule has 2 rings (SSSR count). The Hall–Kier alpha value is -1.56. The van der Waals surface area contributed by atoms with E-state index >= 15 is 0 Å². The Kier molecular flexibility index (Phi) is 5.22. The minimum absolute atomic E-state index is 0.400. The predicted molar refractivity (Wildman–Crippen MR) is 93.6 cm³/mol. The van der Waals surface area contributed by atoms with E-state index in [1.807, 2.05) is 0 Å². The van der Waals surface area contributed by atoms with Crippen LogP contribution in [0.1, 0.15) is 51.7 Å². The third-order valence-electron chi connectivity index (χ3n) is 5.03. The van der Waals surface area contributed by atoms with E-state index in [0.29, 0.717) is 5.41 Å². The lowest BCUT2D eigenvalue weighted by Gasteiger charge is -2.28. The van der Waals surface area contributed by atoms with Gasteiger partial charge in [0.05, 0.1) is 0 Å². The van der Waals surface area contributed by atoms with Gasteiger partial charge in [0.1, 0.15) is 0 Å². The summed E-state index contributed by atoms with van der Waals surface area (Å²) in [5.41, 5.74) is 6.16. The fourth-order valence-corrected chi connectivity index (χ4v) is 2.99. The zero-order valence-electron chi connectivity index (χ0n) is 13.9. The van der Waals surface area contributed by atoms with Gasteiger partial charge in [0, 0.05) is 0 Å². The zero-order chi connectivity index (χ0) is 15.3. The molecule has 0 N–H and O–H groups in total. The van der Waals surface area contributed by atoms with Gasteiger partial charge in [-0.25, -0.2) is 0 Å². The van der Waals surface area contributed by atoms with E-state index in [-0.39, 0.29) is 0 Å². The Balaban J connectivity index is 2.46. The second-order valence-electron chi connectivity index (χ2n) is 6.36. The maximum Gasteiger partial charge on any atom is -0.0149 e. The monoisotopic (exact) mass is 280 g/mol. The van der Waals surface area contributed by atoms with Crippen LogP contribution in [0.25, 0.3) is 11.1 Å². The molecule has 0 atom stereocenters. The van der Waals surface area contributed by atoms with Crippen molar-refractivity contribution in [2.45, 2.75) is 53.4 Å². The molecule has 0 aromatic heterocycles. The van der Waals surface area contributed by atoms with Gasteiger partial charge in [0.15, 0.2) is 0 Å². The van der Waals surface area contributed by atoms with Crippen molar-refractivity contribution >= 4 is 0 Å². The van der Waals surface area contributed by atoms with Gasteiger partial charge in [-0.05, 0) is 40.5 Å². The first-order valence-electron chi connectivity index (χ1n) is 8.29. The lowest BCUT2D eigenvalue weighted by atomic mass is 9.77. The molecule has 0 spiro atoms. The van der Waals surface area contributed by atoms with Gasteiger partial charge in [-0.3, -0.25) is 0 Å². The van der Waals surface area contributed by atoms with Gasteiger partial charge in [-0.2, -0.15) is 0 Å². The molecular formula is C21H28. The topological polar surface area (TPSA) is 0 Å². The van der Waals surface area contributed by atoms with Gasteiger partial charge in [0.2, 0.25) is 0 Å². The molecule has 2 aromatic rings. The summed E-state index contributed by atoms with van der Waals surface area (Å²) in [4.78, 5) is 0. The predicted octanol–water partition coefficient (Wildman–Crippen LogP) is 6.28. The molecule has 21 heavy (non-hydrogen) atoms. The molecule has 0 amide bonds. The van der Waals surface area contributed by atoms with Crippen LogP contribution in [-0.4, -0.2) is 0 Å². The average Bonchev–Trinajstić information content (AvgIpc) is 2.55. The first-order valence-corrected chi connectivity index (χ1v) is 8.29. The first-order chi connectivity index (χ1) is 10.1. The van der Waals surface area contributed by atoms with E-state index in [0.717, 1.165) is 12.8 Å². The molecule has 0 aliphatic heterocycles. The van der Waals surface area contributed by atoms with Crippen LogP contribution in [0.5, 0.6) is 0 Å². The SMILES string of the molecule is CCc1ccccc1-c1ccccc1CC(C)(CC)CC. The van der Waals surface area contributed by atoms with Crippen molar-refractivity contribution in [2.24, 2.45) is 5.41 Å². The highest BCUT2D eigenvalue weighted by Gasteiger charge is 2.22. The van der Waals surface area contributed by atoms with Crippen molar-refractivity contribution < 1.29 is 0 Å². The minimum atomic E-state index is 0.400. The average molecular weight is 280 g/mol. The lowest BCUT2D eigenvalue weighted by Crippen LogP contribution is -2.17. The van der Waals surface area contributed by atoms with Crippen LogP contribution in [-0.2, 0) is 12.8 Å². The van der Waals surface area contributed by atoms with Gasteiger partial charge < -0.3 is 0 Å². The number of benzene rings is 2. The number of hydrogen-bond donors (Lipinski definition) is 0. The summed E-state index contributed by atoms with van der Waals surface area (Å²) in [6, 6.07) is 17.8. The van der Waals surface area contributed by atoms with Gasteiger partial charge in [0.25, 0.3) is 0 Å². The summed E-state index contributed by atoms with van der Waals surface area (Å²) in [6.07, 6.45) is 4.71. The van der Waals surface area contributed by atoms with E-state index in [2.05, 4.69) is 76.2 Å². The van der Waals surface area contributed by atoms with Crippen molar-refractivity contribution in [3.63, 3.8) is 0 Å². The van der Waals surface area contributed by atoms with Crippen molar-refractivity contribution in [3.8, 4) is 11.1 Å². The van der Waals surface area contributed by atoms with Crippen molar-refractivity contribution in [2.75, 3.05) is 0 Å². The molecule has 0 fully saturated rings. The zero-order valence-corrected chi connectivity index (χ0v) is 13.9. The molecule has 0 heterocycles. The number of rotatable bonds is 6. The van der Waals surface area contributed by atoms with E-state index in [9.17, 15) is 0 Å². The maximum absolute atomic E-state index is 2.41. The summed E-state index contributed by atoms with van der Waals surface area (Å²) in [6.45, 7) is 9.28. The number of hydrogen-bond acceptors (Lipinski definition) is 0. The Bertz CT molecular complexity index is 576.